The van der Waals surface area contributed by atoms with Crippen LogP contribution in [0.4, 0.5) is 0 Å². The summed E-state index contributed by atoms with van der Waals surface area (Å²) in [6.45, 7) is 7.12. The molecule has 0 spiro atoms. The number of rotatable bonds is 13. The molecule has 2 aromatic carbocycles. The van der Waals surface area contributed by atoms with Gasteiger partial charge in [-0.1, -0.05) is 60.2 Å². The van der Waals surface area contributed by atoms with Crippen molar-refractivity contribution in [3.8, 4) is 0 Å². The minimum absolute atomic E-state index is 0.00115. The van der Waals surface area contributed by atoms with Crippen molar-refractivity contribution < 1.29 is 22.7 Å². The zero-order valence-electron chi connectivity index (χ0n) is 22.8. The fourth-order valence-corrected chi connectivity index (χ4v) is 6.13. The smallest absolute Gasteiger partial charge is 0.228 e. The first-order chi connectivity index (χ1) is 18.9. The maximum atomic E-state index is 13.5. The molecule has 210 valence electrons. The summed E-state index contributed by atoms with van der Waals surface area (Å²) >= 11 is 0. The number of carbonyl (C=O) groups excluding carboxylic acids is 1. The first-order valence-corrected chi connectivity index (χ1v) is 14.9. The van der Waals surface area contributed by atoms with Gasteiger partial charge in [0.1, 0.15) is 0 Å². The molecule has 1 aliphatic heterocycles. The van der Waals surface area contributed by atoms with Crippen molar-refractivity contribution in [3.63, 3.8) is 0 Å². The van der Waals surface area contributed by atoms with Crippen molar-refractivity contribution in [2.75, 3.05) is 53.1 Å². The third kappa shape index (κ3) is 8.22. The topological polar surface area (TPSA) is 94.0 Å². The summed E-state index contributed by atoms with van der Waals surface area (Å²) in [4.78, 5) is 21.9. The highest BCUT2D eigenvalue weighted by Gasteiger charge is 2.26. The molecule has 1 aliphatic rings. The van der Waals surface area contributed by atoms with E-state index < -0.39 is 9.84 Å². The minimum atomic E-state index is -3.73. The van der Waals surface area contributed by atoms with Gasteiger partial charge in [-0.2, -0.15) is 0 Å². The number of amides is 1. The Hall–Kier alpha value is -3.05. The van der Waals surface area contributed by atoms with Gasteiger partial charge in [0.2, 0.25) is 20.9 Å². The molecule has 2 heterocycles. The number of carbonyl (C=O) groups is 1. The molecule has 0 bridgehead atoms. The number of hydrogen-bond acceptors (Lipinski definition) is 7. The average Bonchev–Trinajstić information content (AvgIpc) is 3.35. The second kappa shape index (κ2) is 13.8. The maximum absolute atomic E-state index is 13.5. The Kier molecular flexibility index (Phi) is 10.3. The standard InChI is InChI=1S/C29H38N4O5S/c1-24-8-10-26(11-9-24)23-39(35,36)29-30-21-27(33(29)16-17-37-2)22-32(13-12-31-14-18-38-19-15-31)28(34)20-25-6-4-3-5-7-25/h3-11,21H,12-20,22-23H2,1-2H3. The molecule has 10 heteroatoms. The molecule has 0 aliphatic carbocycles. The number of aryl methyl sites for hydroxylation is 1. The second-order valence-electron chi connectivity index (χ2n) is 9.85. The number of imidazole rings is 1. The molecule has 1 aromatic heterocycles. The lowest BCUT2D eigenvalue weighted by Gasteiger charge is -2.30. The molecule has 1 amide bonds. The van der Waals surface area contributed by atoms with Gasteiger partial charge in [0.15, 0.2) is 0 Å². The van der Waals surface area contributed by atoms with Gasteiger partial charge >= 0.3 is 0 Å². The van der Waals surface area contributed by atoms with Crippen LogP contribution in [0.3, 0.4) is 0 Å². The summed E-state index contributed by atoms with van der Waals surface area (Å²) in [7, 11) is -2.15. The Morgan fingerprint density at radius 1 is 1.03 bits per heavy atom. The van der Waals surface area contributed by atoms with Gasteiger partial charge in [-0.25, -0.2) is 13.4 Å². The van der Waals surface area contributed by atoms with Crippen LogP contribution in [0.5, 0.6) is 0 Å². The fraction of sp³-hybridized carbons (Fsp3) is 0.448. The van der Waals surface area contributed by atoms with Crippen LogP contribution in [0, 0.1) is 6.92 Å². The van der Waals surface area contributed by atoms with Crippen LogP contribution in [0.2, 0.25) is 0 Å². The van der Waals surface area contributed by atoms with Gasteiger partial charge in [-0.3, -0.25) is 9.69 Å². The van der Waals surface area contributed by atoms with Crippen LogP contribution < -0.4 is 0 Å². The van der Waals surface area contributed by atoms with Gasteiger partial charge in [0, 0.05) is 39.8 Å². The molecule has 9 nitrogen and oxygen atoms in total. The Bertz CT molecular complexity index is 1300. The molecule has 3 aromatic rings. The Labute approximate surface area is 231 Å². The van der Waals surface area contributed by atoms with E-state index in [1.165, 1.54) is 0 Å². The first-order valence-electron chi connectivity index (χ1n) is 13.3. The summed E-state index contributed by atoms with van der Waals surface area (Å²) in [5, 5.41) is -0.00115. The largest absolute Gasteiger partial charge is 0.383 e. The van der Waals surface area contributed by atoms with Crippen LogP contribution in [-0.4, -0.2) is 86.8 Å². The van der Waals surface area contributed by atoms with Crippen LogP contribution in [0.1, 0.15) is 22.4 Å². The Balaban J connectivity index is 1.57. The van der Waals surface area contributed by atoms with E-state index in [0.717, 1.165) is 24.2 Å². The summed E-state index contributed by atoms with van der Waals surface area (Å²) in [6.07, 6.45) is 1.85. The van der Waals surface area contributed by atoms with E-state index >= 15 is 0 Å². The van der Waals surface area contributed by atoms with E-state index in [2.05, 4.69) is 9.88 Å². The van der Waals surface area contributed by atoms with Gasteiger partial charge in [-0.15, -0.1) is 0 Å². The molecular formula is C29H38N4O5S. The predicted molar refractivity (Wildman–Crippen MR) is 149 cm³/mol. The van der Waals surface area contributed by atoms with E-state index in [-0.39, 0.29) is 29.8 Å². The summed E-state index contributed by atoms with van der Waals surface area (Å²) in [5.74, 6) is -0.164. The molecule has 0 radical (unpaired) electrons. The number of sulfone groups is 1. The molecule has 39 heavy (non-hydrogen) atoms. The molecule has 0 unspecified atom stereocenters. The molecule has 4 rings (SSSR count). The second-order valence-corrected chi connectivity index (χ2v) is 11.7. The lowest BCUT2D eigenvalue weighted by molar-refractivity contribution is -0.131. The van der Waals surface area contributed by atoms with Crippen molar-refractivity contribution in [2.45, 2.75) is 37.3 Å². The maximum Gasteiger partial charge on any atom is 0.228 e. The molecule has 0 atom stereocenters. The zero-order chi connectivity index (χ0) is 27.7. The number of aromatic nitrogens is 2. The Morgan fingerprint density at radius 3 is 2.44 bits per heavy atom. The number of ether oxygens (including phenoxy) is 2. The molecule has 0 N–H and O–H groups in total. The molecule has 1 fully saturated rings. The summed E-state index contributed by atoms with van der Waals surface area (Å²) in [5.41, 5.74) is 3.37. The third-order valence-corrected chi connectivity index (χ3v) is 8.47. The number of hydrogen-bond donors (Lipinski definition) is 0. The lowest BCUT2D eigenvalue weighted by atomic mass is 10.1. The zero-order valence-corrected chi connectivity index (χ0v) is 23.6. The normalized spacial score (nSPS) is 14.4. The molecule has 1 saturated heterocycles. The van der Waals surface area contributed by atoms with E-state index in [4.69, 9.17) is 9.47 Å². The fourth-order valence-electron chi connectivity index (χ4n) is 4.61. The number of methoxy groups -OCH3 is 1. The molecule has 0 saturated carbocycles. The highest BCUT2D eigenvalue weighted by molar-refractivity contribution is 7.90. The van der Waals surface area contributed by atoms with E-state index in [0.29, 0.717) is 50.7 Å². The SMILES string of the molecule is COCCn1c(CN(CCN2CCOCC2)C(=O)Cc2ccccc2)cnc1S(=O)(=O)Cc1ccc(C)cc1. The monoisotopic (exact) mass is 554 g/mol. The highest BCUT2D eigenvalue weighted by atomic mass is 32.2. The number of benzene rings is 2. The van der Waals surface area contributed by atoms with E-state index in [1.54, 1.807) is 22.8 Å². The average molecular weight is 555 g/mol. The predicted octanol–water partition coefficient (Wildman–Crippen LogP) is 2.72. The van der Waals surface area contributed by atoms with Crippen LogP contribution in [-0.2, 0) is 49.4 Å². The van der Waals surface area contributed by atoms with Gasteiger partial charge < -0.3 is 18.9 Å². The van der Waals surface area contributed by atoms with E-state index in [1.807, 2.05) is 61.5 Å². The van der Waals surface area contributed by atoms with Gasteiger partial charge in [0.05, 0.1) is 50.4 Å². The van der Waals surface area contributed by atoms with Gasteiger partial charge in [0.25, 0.3) is 0 Å². The van der Waals surface area contributed by atoms with Crippen molar-refractivity contribution >= 4 is 15.7 Å². The summed E-state index contributed by atoms with van der Waals surface area (Å²) in [6, 6.07) is 17.1. The van der Waals surface area contributed by atoms with Gasteiger partial charge in [-0.05, 0) is 18.1 Å². The van der Waals surface area contributed by atoms with Crippen molar-refractivity contribution in [1.29, 1.82) is 0 Å². The molecular weight excluding hydrogens is 516 g/mol. The number of morpholine rings is 1. The van der Waals surface area contributed by atoms with Crippen molar-refractivity contribution in [2.24, 2.45) is 0 Å². The van der Waals surface area contributed by atoms with Crippen molar-refractivity contribution in [3.05, 3.63) is 83.2 Å². The third-order valence-electron chi connectivity index (χ3n) is 6.87. The lowest BCUT2D eigenvalue weighted by Crippen LogP contribution is -2.43. The summed E-state index contributed by atoms with van der Waals surface area (Å²) < 4.78 is 39.3. The van der Waals surface area contributed by atoms with Crippen molar-refractivity contribution in [1.82, 2.24) is 19.4 Å². The van der Waals surface area contributed by atoms with Crippen LogP contribution in [0.25, 0.3) is 0 Å². The highest BCUT2D eigenvalue weighted by Crippen LogP contribution is 2.20. The Morgan fingerprint density at radius 2 is 1.74 bits per heavy atom. The van der Waals surface area contributed by atoms with Crippen LogP contribution >= 0.6 is 0 Å². The number of nitrogens with zero attached hydrogens (tertiary/aromatic N) is 4. The first kappa shape index (κ1) is 28.9. The van der Waals surface area contributed by atoms with E-state index in [9.17, 15) is 13.2 Å². The quantitative estimate of drug-likeness (QED) is 0.321. The van der Waals surface area contributed by atoms with Crippen LogP contribution in [0.15, 0.2) is 66.0 Å². The minimum Gasteiger partial charge on any atom is -0.383 e.